The number of halogens is 3. The van der Waals surface area contributed by atoms with Crippen molar-refractivity contribution in [3.8, 4) is 0 Å². The maximum Gasteiger partial charge on any atom is 0.490 e. The van der Waals surface area contributed by atoms with E-state index < -0.39 is 22.2 Å². The average molecular weight is 318 g/mol. The maximum absolute atomic E-state index is 11.0. The third-order valence-corrected chi connectivity index (χ3v) is 4.10. The van der Waals surface area contributed by atoms with Gasteiger partial charge in [0.2, 0.25) is 10.0 Å². The SMILES string of the molecule is CS(=O)(=O)N[C@H]1CC[C@@H]2CNC[C@@H]21.O=C(O)C(F)(F)F. The van der Waals surface area contributed by atoms with Gasteiger partial charge < -0.3 is 10.4 Å². The fraction of sp³-hybridized carbons (Fsp3) is 0.900. The van der Waals surface area contributed by atoms with Crippen LogP contribution < -0.4 is 10.0 Å². The Morgan fingerprint density at radius 1 is 1.30 bits per heavy atom. The highest BCUT2D eigenvalue weighted by atomic mass is 32.2. The van der Waals surface area contributed by atoms with Crippen molar-refractivity contribution in [1.29, 1.82) is 0 Å². The van der Waals surface area contributed by atoms with Crippen LogP contribution in [-0.4, -0.2) is 51.1 Å². The van der Waals surface area contributed by atoms with E-state index in [9.17, 15) is 21.6 Å². The molecule has 1 aliphatic carbocycles. The number of aliphatic carboxylic acids is 1. The first-order valence-electron chi connectivity index (χ1n) is 5.99. The molecule has 3 N–H and O–H groups in total. The van der Waals surface area contributed by atoms with E-state index in [4.69, 9.17) is 9.90 Å². The third kappa shape index (κ3) is 5.25. The molecule has 2 aliphatic rings. The summed E-state index contributed by atoms with van der Waals surface area (Å²) in [4.78, 5) is 8.90. The standard InChI is InChI=1S/C8H16N2O2S.C2HF3O2/c1-13(11,12)10-8-3-2-6-4-9-5-7(6)8;3-2(4,5)1(6)7/h6-10H,2-5H2,1H3;(H,6,7)/t6-,7+,8+;/m1./s1. The molecule has 20 heavy (non-hydrogen) atoms. The van der Waals surface area contributed by atoms with Crippen molar-refractivity contribution in [1.82, 2.24) is 10.0 Å². The summed E-state index contributed by atoms with van der Waals surface area (Å²) in [5, 5.41) is 10.4. The van der Waals surface area contributed by atoms with Gasteiger partial charge in [0.15, 0.2) is 0 Å². The van der Waals surface area contributed by atoms with Crippen molar-refractivity contribution in [3.63, 3.8) is 0 Å². The average Bonchev–Trinajstić information content (AvgIpc) is 2.80. The number of hydrogen-bond acceptors (Lipinski definition) is 4. The van der Waals surface area contributed by atoms with Gasteiger partial charge in [0.25, 0.3) is 0 Å². The Bertz CT molecular complexity index is 452. The molecule has 0 unspecified atom stereocenters. The molecule has 1 aliphatic heterocycles. The number of hydrogen-bond donors (Lipinski definition) is 3. The number of alkyl halides is 3. The van der Waals surface area contributed by atoms with Crippen LogP contribution in [0.2, 0.25) is 0 Å². The summed E-state index contributed by atoms with van der Waals surface area (Å²) in [7, 11) is -3.02. The van der Waals surface area contributed by atoms with E-state index in [-0.39, 0.29) is 6.04 Å². The number of fused-ring (bicyclic) bond motifs is 1. The number of nitrogens with one attached hydrogen (secondary N) is 2. The molecule has 0 aromatic heterocycles. The quantitative estimate of drug-likeness (QED) is 0.674. The van der Waals surface area contributed by atoms with Crippen LogP contribution in [0.15, 0.2) is 0 Å². The van der Waals surface area contributed by atoms with Crippen LogP contribution in [-0.2, 0) is 14.8 Å². The van der Waals surface area contributed by atoms with Crippen molar-refractivity contribution < 1.29 is 31.5 Å². The van der Waals surface area contributed by atoms with E-state index in [1.807, 2.05) is 0 Å². The molecule has 0 spiro atoms. The molecule has 1 saturated carbocycles. The van der Waals surface area contributed by atoms with Gasteiger partial charge in [0.1, 0.15) is 0 Å². The van der Waals surface area contributed by atoms with E-state index >= 15 is 0 Å². The van der Waals surface area contributed by atoms with E-state index in [1.165, 1.54) is 6.26 Å². The predicted octanol–water partition coefficient (Wildman–Crippen LogP) is 0.167. The highest BCUT2D eigenvalue weighted by molar-refractivity contribution is 7.88. The lowest BCUT2D eigenvalue weighted by Crippen LogP contribution is -2.38. The Balaban J connectivity index is 0.000000246. The Labute approximate surface area is 114 Å². The van der Waals surface area contributed by atoms with Crippen molar-refractivity contribution >= 4 is 16.0 Å². The molecule has 0 bridgehead atoms. The minimum Gasteiger partial charge on any atom is -0.475 e. The number of carbonyl (C=O) groups is 1. The smallest absolute Gasteiger partial charge is 0.475 e. The first-order chi connectivity index (χ1) is 9.00. The molecular weight excluding hydrogens is 301 g/mol. The number of carboxylic acids is 1. The fourth-order valence-corrected chi connectivity index (χ4v) is 3.41. The summed E-state index contributed by atoms with van der Waals surface area (Å²) < 4.78 is 56.5. The van der Waals surface area contributed by atoms with Gasteiger partial charge in [-0.1, -0.05) is 0 Å². The molecule has 0 aromatic carbocycles. The zero-order valence-electron chi connectivity index (χ0n) is 10.8. The number of rotatable bonds is 2. The van der Waals surface area contributed by atoms with Crippen LogP contribution in [0.25, 0.3) is 0 Å². The van der Waals surface area contributed by atoms with Gasteiger partial charge in [-0.15, -0.1) is 0 Å². The zero-order chi connectivity index (χ0) is 15.6. The first kappa shape index (κ1) is 17.2. The number of sulfonamides is 1. The van der Waals surface area contributed by atoms with Gasteiger partial charge >= 0.3 is 12.1 Å². The largest absolute Gasteiger partial charge is 0.490 e. The van der Waals surface area contributed by atoms with Gasteiger partial charge in [-0.05, 0) is 37.8 Å². The van der Waals surface area contributed by atoms with Gasteiger partial charge in [-0.3, -0.25) is 0 Å². The molecule has 1 heterocycles. The Morgan fingerprint density at radius 2 is 1.85 bits per heavy atom. The Morgan fingerprint density at radius 3 is 2.30 bits per heavy atom. The van der Waals surface area contributed by atoms with Gasteiger partial charge in [0, 0.05) is 6.04 Å². The molecule has 1 saturated heterocycles. The molecule has 0 aromatic rings. The van der Waals surface area contributed by atoms with Crippen LogP contribution >= 0.6 is 0 Å². The summed E-state index contributed by atoms with van der Waals surface area (Å²) >= 11 is 0. The summed E-state index contributed by atoms with van der Waals surface area (Å²) in [6.07, 6.45) is -1.68. The topological polar surface area (TPSA) is 95.5 Å². The zero-order valence-corrected chi connectivity index (χ0v) is 11.6. The summed E-state index contributed by atoms with van der Waals surface area (Å²) in [6, 6.07) is 0.176. The molecule has 118 valence electrons. The van der Waals surface area contributed by atoms with Crippen molar-refractivity contribution in [2.24, 2.45) is 11.8 Å². The lowest BCUT2D eigenvalue weighted by atomic mass is 9.98. The second-order valence-electron chi connectivity index (χ2n) is 4.96. The number of carboxylic acid groups (broad SMARTS) is 1. The van der Waals surface area contributed by atoms with Crippen LogP contribution in [0, 0.1) is 11.8 Å². The van der Waals surface area contributed by atoms with E-state index in [0.29, 0.717) is 11.8 Å². The Hall–Kier alpha value is -0.870. The molecule has 10 heteroatoms. The van der Waals surface area contributed by atoms with Crippen LogP contribution in [0.3, 0.4) is 0 Å². The second-order valence-corrected chi connectivity index (χ2v) is 6.74. The third-order valence-electron chi connectivity index (χ3n) is 3.37. The Kier molecular flexibility index (Phi) is 5.39. The monoisotopic (exact) mass is 318 g/mol. The molecule has 3 atom stereocenters. The highest BCUT2D eigenvalue weighted by Gasteiger charge is 2.40. The van der Waals surface area contributed by atoms with Gasteiger partial charge in [0.05, 0.1) is 6.26 Å². The lowest BCUT2D eigenvalue weighted by Gasteiger charge is -2.17. The molecular formula is C10H17F3N2O4S. The fourth-order valence-electron chi connectivity index (χ4n) is 2.57. The lowest BCUT2D eigenvalue weighted by molar-refractivity contribution is -0.192. The molecule has 6 nitrogen and oxygen atoms in total. The summed E-state index contributed by atoms with van der Waals surface area (Å²) in [5.41, 5.74) is 0. The van der Waals surface area contributed by atoms with Crippen molar-refractivity contribution in [2.75, 3.05) is 19.3 Å². The van der Waals surface area contributed by atoms with Crippen molar-refractivity contribution in [3.05, 3.63) is 0 Å². The highest BCUT2D eigenvalue weighted by Crippen LogP contribution is 2.34. The van der Waals surface area contributed by atoms with E-state index in [0.717, 1.165) is 25.9 Å². The van der Waals surface area contributed by atoms with Crippen molar-refractivity contribution in [2.45, 2.75) is 25.1 Å². The van der Waals surface area contributed by atoms with Crippen LogP contribution in [0.4, 0.5) is 13.2 Å². The van der Waals surface area contributed by atoms with Crippen LogP contribution in [0.1, 0.15) is 12.8 Å². The van der Waals surface area contributed by atoms with Crippen LogP contribution in [0.5, 0.6) is 0 Å². The van der Waals surface area contributed by atoms with Gasteiger partial charge in [-0.2, -0.15) is 13.2 Å². The van der Waals surface area contributed by atoms with E-state index in [1.54, 1.807) is 0 Å². The summed E-state index contributed by atoms with van der Waals surface area (Å²) in [5.74, 6) is -1.54. The normalized spacial score (nSPS) is 29.5. The van der Waals surface area contributed by atoms with E-state index in [2.05, 4.69) is 10.0 Å². The van der Waals surface area contributed by atoms with Gasteiger partial charge in [-0.25, -0.2) is 17.9 Å². The summed E-state index contributed by atoms with van der Waals surface area (Å²) in [6.45, 7) is 2.03. The minimum atomic E-state index is -5.08. The maximum atomic E-state index is 11.0. The minimum absolute atomic E-state index is 0.176. The molecule has 2 fully saturated rings. The molecule has 2 rings (SSSR count). The molecule has 0 radical (unpaired) electrons. The first-order valence-corrected chi connectivity index (χ1v) is 7.88. The molecule has 0 amide bonds. The predicted molar refractivity (Wildman–Crippen MR) is 64.5 cm³/mol. The second kappa shape index (κ2) is 6.27.